The van der Waals surface area contributed by atoms with E-state index in [1.165, 1.54) is 10.4 Å². The molecule has 1 amide bonds. The van der Waals surface area contributed by atoms with E-state index in [0.29, 0.717) is 13.1 Å². The predicted octanol–water partition coefficient (Wildman–Crippen LogP) is 0.687. The molecule has 0 radical (unpaired) electrons. The van der Waals surface area contributed by atoms with Gasteiger partial charge in [0.25, 0.3) is 0 Å². The Bertz CT molecular complexity index is 685. The minimum atomic E-state index is -0.439. The Kier molecular flexibility index (Phi) is 4.31. The summed E-state index contributed by atoms with van der Waals surface area (Å²) in [7, 11) is 0. The molecule has 0 aliphatic carbocycles. The summed E-state index contributed by atoms with van der Waals surface area (Å²) >= 11 is 0. The summed E-state index contributed by atoms with van der Waals surface area (Å²) in [6.07, 6.45) is 4.29. The summed E-state index contributed by atoms with van der Waals surface area (Å²) < 4.78 is 5.44. The summed E-state index contributed by atoms with van der Waals surface area (Å²) in [6.45, 7) is 8.76. The SMILES string of the molecule is CC(C)(C)OC(=O)N1CCN(C2C=c3ccccc3=CN2)CC1. The van der Waals surface area contributed by atoms with Crippen molar-refractivity contribution in [3.8, 4) is 0 Å². The highest BCUT2D eigenvalue weighted by Crippen LogP contribution is 2.13. The van der Waals surface area contributed by atoms with E-state index in [1.54, 1.807) is 4.90 Å². The van der Waals surface area contributed by atoms with Crippen LogP contribution in [0.25, 0.3) is 12.3 Å². The minimum Gasteiger partial charge on any atom is -0.444 e. The highest BCUT2D eigenvalue weighted by molar-refractivity contribution is 5.68. The lowest BCUT2D eigenvalue weighted by Gasteiger charge is -2.39. The Morgan fingerprint density at radius 2 is 1.78 bits per heavy atom. The van der Waals surface area contributed by atoms with Crippen molar-refractivity contribution in [3.05, 3.63) is 34.7 Å². The second kappa shape index (κ2) is 6.24. The molecule has 0 spiro atoms. The van der Waals surface area contributed by atoms with Gasteiger partial charge in [-0.1, -0.05) is 24.3 Å². The van der Waals surface area contributed by atoms with Gasteiger partial charge in [0.2, 0.25) is 0 Å². The van der Waals surface area contributed by atoms with Gasteiger partial charge < -0.3 is 15.0 Å². The maximum Gasteiger partial charge on any atom is 0.410 e. The number of carbonyl (C=O) groups excluding carboxylic acids is 1. The van der Waals surface area contributed by atoms with Gasteiger partial charge in [-0.15, -0.1) is 0 Å². The predicted molar refractivity (Wildman–Crippen MR) is 90.9 cm³/mol. The van der Waals surface area contributed by atoms with Crippen molar-refractivity contribution in [2.45, 2.75) is 32.5 Å². The summed E-state index contributed by atoms with van der Waals surface area (Å²) in [5.41, 5.74) is -0.439. The molecule has 1 aromatic rings. The second-order valence-corrected chi connectivity index (χ2v) is 7.05. The first kappa shape index (κ1) is 15.9. The van der Waals surface area contributed by atoms with Crippen molar-refractivity contribution in [3.63, 3.8) is 0 Å². The molecule has 2 aliphatic rings. The van der Waals surface area contributed by atoms with Gasteiger partial charge in [-0.05, 0) is 37.3 Å². The van der Waals surface area contributed by atoms with Crippen molar-refractivity contribution in [1.29, 1.82) is 0 Å². The lowest BCUT2D eigenvalue weighted by molar-refractivity contribution is 0.0122. The molecule has 2 heterocycles. The van der Waals surface area contributed by atoms with Crippen LogP contribution in [-0.4, -0.2) is 53.8 Å². The van der Waals surface area contributed by atoms with Crippen LogP contribution in [0.3, 0.4) is 0 Å². The normalized spacial score (nSPS) is 21.5. The number of rotatable bonds is 1. The summed E-state index contributed by atoms with van der Waals surface area (Å²) in [6, 6.07) is 8.35. The third-order valence-corrected chi connectivity index (χ3v) is 4.10. The molecule has 1 fully saturated rings. The molecule has 124 valence electrons. The Labute approximate surface area is 137 Å². The maximum atomic E-state index is 12.1. The molecule has 1 saturated heterocycles. The third kappa shape index (κ3) is 3.85. The molecule has 0 saturated carbocycles. The van der Waals surface area contributed by atoms with E-state index in [9.17, 15) is 4.79 Å². The number of nitrogens with one attached hydrogen (secondary N) is 1. The largest absolute Gasteiger partial charge is 0.444 e. The third-order valence-electron chi connectivity index (χ3n) is 4.10. The molecule has 0 aromatic heterocycles. The first-order valence-corrected chi connectivity index (χ1v) is 8.17. The van der Waals surface area contributed by atoms with Crippen LogP contribution in [0.5, 0.6) is 0 Å². The van der Waals surface area contributed by atoms with E-state index in [1.807, 2.05) is 26.8 Å². The van der Waals surface area contributed by atoms with Gasteiger partial charge in [0, 0.05) is 32.4 Å². The zero-order valence-electron chi connectivity index (χ0n) is 14.1. The van der Waals surface area contributed by atoms with Crippen molar-refractivity contribution >= 4 is 18.4 Å². The van der Waals surface area contributed by atoms with E-state index < -0.39 is 5.60 Å². The average molecular weight is 315 g/mol. The number of carbonyl (C=O) groups is 1. The van der Waals surface area contributed by atoms with Gasteiger partial charge in [0.15, 0.2) is 0 Å². The van der Waals surface area contributed by atoms with E-state index in [2.05, 4.69) is 40.7 Å². The molecular formula is C18H25N3O2. The fraction of sp³-hybridized carbons (Fsp3) is 0.500. The maximum absolute atomic E-state index is 12.1. The topological polar surface area (TPSA) is 44.8 Å². The molecule has 1 N–H and O–H groups in total. The van der Waals surface area contributed by atoms with Crippen LogP contribution in [0, 0.1) is 0 Å². The Hall–Kier alpha value is -2.01. The second-order valence-electron chi connectivity index (χ2n) is 7.05. The number of benzene rings is 1. The van der Waals surface area contributed by atoms with Crippen LogP contribution >= 0.6 is 0 Å². The molecule has 1 atom stereocenters. The molecule has 5 heteroatoms. The number of ether oxygens (including phenoxy) is 1. The molecule has 1 aromatic carbocycles. The van der Waals surface area contributed by atoms with Gasteiger partial charge in [0.05, 0.1) is 6.17 Å². The zero-order chi connectivity index (χ0) is 16.4. The number of hydrogen-bond acceptors (Lipinski definition) is 4. The van der Waals surface area contributed by atoms with Crippen LogP contribution < -0.4 is 15.8 Å². The van der Waals surface area contributed by atoms with Crippen molar-refractivity contribution in [2.75, 3.05) is 26.2 Å². The van der Waals surface area contributed by atoms with Crippen LogP contribution in [0.15, 0.2) is 24.3 Å². The lowest BCUT2D eigenvalue weighted by atomic mass is 10.1. The van der Waals surface area contributed by atoms with Crippen molar-refractivity contribution < 1.29 is 9.53 Å². The number of fused-ring (bicyclic) bond motifs is 1. The number of nitrogens with zero attached hydrogens (tertiary/aromatic N) is 2. The van der Waals surface area contributed by atoms with Crippen LogP contribution in [0.4, 0.5) is 4.79 Å². The highest BCUT2D eigenvalue weighted by Gasteiger charge is 2.28. The average Bonchev–Trinajstić information content (AvgIpc) is 2.53. The van der Waals surface area contributed by atoms with Gasteiger partial charge in [0.1, 0.15) is 5.60 Å². The smallest absolute Gasteiger partial charge is 0.410 e. The van der Waals surface area contributed by atoms with Gasteiger partial charge in [-0.3, -0.25) is 4.90 Å². The molecule has 0 bridgehead atoms. The van der Waals surface area contributed by atoms with E-state index in [-0.39, 0.29) is 12.3 Å². The molecule has 5 nitrogen and oxygen atoms in total. The van der Waals surface area contributed by atoms with E-state index in [4.69, 9.17) is 4.74 Å². The van der Waals surface area contributed by atoms with Gasteiger partial charge >= 0.3 is 6.09 Å². The first-order valence-electron chi connectivity index (χ1n) is 8.17. The minimum absolute atomic E-state index is 0.186. The summed E-state index contributed by atoms with van der Waals surface area (Å²) in [5, 5.41) is 5.91. The Balaban J connectivity index is 1.60. The van der Waals surface area contributed by atoms with Gasteiger partial charge in [-0.2, -0.15) is 0 Å². The molecular weight excluding hydrogens is 290 g/mol. The zero-order valence-corrected chi connectivity index (χ0v) is 14.1. The molecule has 1 unspecified atom stereocenters. The van der Waals surface area contributed by atoms with Crippen molar-refractivity contribution in [2.24, 2.45) is 0 Å². The Morgan fingerprint density at radius 3 is 2.43 bits per heavy atom. The highest BCUT2D eigenvalue weighted by atomic mass is 16.6. The van der Waals surface area contributed by atoms with Crippen LogP contribution in [-0.2, 0) is 4.74 Å². The number of hydrogen-bond donors (Lipinski definition) is 1. The summed E-state index contributed by atoms with van der Waals surface area (Å²) in [5.74, 6) is 0. The van der Waals surface area contributed by atoms with Gasteiger partial charge in [-0.25, -0.2) is 4.79 Å². The fourth-order valence-electron chi connectivity index (χ4n) is 2.91. The van der Waals surface area contributed by atoms with E-state index in [0.717, 1.165) is 13.1 Å². The monoisotopic (exact) mass is 315 g/mol. The Morgan fingerprint density at radius 1 is 1.13 bits per heavy atom. The van der Waals surface area contributed by atoms with Crippen molar-refractivity contribution in [1.82, 2.24) is 15.1 Å². The van der Waals surface area contributed by atoms with E-state index >= 15 is 0 Å². The standard InChI is InChI=1S/C18H25N3O2/c1-18(2,3)23-17(22)21-10-8-20(9-11-21)16-12-14-6-4-5-7-15(14)13-19-16/h4-7,12-13,16,19H,8-11H2,1-3H3. The molecule has 23 heavy (non-hydrogen) atoms. The molecule has 3 rings (SSSR count). The first-order chi connectivity index (χ1) is 10.9. The number of amides is 1. The quantitative estimate of drug-likeness (QED) is 0.828. The fourth-order valence-corrected chi connectivity index (χ4v) is 2.91. The number of piperazine rings is 1. The summed E-state index contributed by atoms with van der Waals surface area (Å²) in [4.78, 5) is 16.3. The molecule has 2 aliphatic heterocycles. The van der Waals surface area contributed by atoms with Crippen LogP contribution in [0.2, 0.25) is 0 Å². The lowest BCUT2D eigenvalue weighted by Crippen LogP contribution is -2.56. The van der Waals surface area contributed by atoms with Crippen LogP contribution in [0.1, 0.15) is 20.8 Å².